The summed E-state index contributed by atoms with van der Waals surface area (Å²) in [6, 6.07) is 9.90. The molecule has 1 saturated heterocycles. The Morgan fingerprint density at radius 1 is 1.20 bits per heavy atom. The molecule has 7 heteroatoms. The Kier molecular flexibility index (Phi) is 4.28. The summed E-state index contributed by atoms with van der Waals surface area (Å²) in [6.45, 7) is 2.02. The van der Waals surface area contributed by atoms with Gasteiger partial charge >= 0.3 is 0 Å². The van der Waals surface area contributed by atoms with E-state index in [0.717, 1.165) is 30.5 Å². The molecule has 1 aliphatic rings. The molecule has 0 bridgehead atoms. The number of hydrogen-bond donors (Lipinski definition) is 0. The van der Waals surface area contributed by atoms with Crippen LogP contribution >= 0.6 is 0 Å². The van der Waals surface area contributed by atoms with Gasteiger partial charge in [-0.3, -0.25) is 9.48 Å². The first-order valence-corrected chi connectivity index (χ1v) is 8.50. The number of carbonyl (C=O) groups excluding carboxylic acids is 1. The second-order valence-electron chi connectivity index (χ2n) is 6.28. The second-order valence-corrected chi connectivity index (χ2v) is 6.28. The Balaban J connectivity index is 1.54. The predicted octanol–water partition coefficient (Wildman–Crippen LogP) is 2.00. The molecule has 7 nitrogen and oxygen atoms in total. The molecule has 0 spiro atoms. The van der Waals surface area contributed by atoms with Gasteiger partial charge in [0.2, 0.25) is 0 Å². The minimum atomic E-state index is 0.0765. The Labute approximate surface area is 145 Å². The molecule has 0 aliphatic carbocycles. The zero-order valence-electron chi connectivity index (χ0n) is 13.9. The van der Waals surface area contributed by atoms with Gasteiger partial charge in [0.25, 0.3) is 5.91 Å². The maximum absolute atomic E-state index is 13.1. The summed E-state index contributed by atoms with van der Waals surface area (Å²) in [5.74, 6) is 0.0765. The summed E-state index contributed by atoms with van der Waals surface area (Å²) >= 11 is 0. The number of carbonyl (C=O) groups is 1. The molecule has 1 aromatic carbocycles. The number of amides is 1. The molecule has 2 aromatic heterocycles. The van der Waals surface area contributed by atoms with E-state index in [0.29, 0.717) is 13.1 Å². The zero-order valence-corrected chi connectivity index (χ0v) is 13.9. The van der Waals surface area contributed by atoms with Crippen LogP contribution in [0.5, 0.6) is 0 Å². The average Bonchev–Trinajstić information content (AvgIpc) is 3.36. The number of rotatable bonds is 4. The van der Waals surface area contributed by atoms with Crippen molar-refractivity contribution >= 4 is 5.91 Å². The van der Waals surface area contributed by atoms with Crippen molar-refractivity contribution in [2.45, 2.75) is 25.4 Å². The molecule has 4 rings (SSSR count). The van der Waals surface area contributed by atoms with Crippen molar-refractivity contribution in [3.63, 3.8) is 0 Å². The minimum Gasteiger partial charge on any atom is -0.336 e. The van der Waals surface area contributed by atoms with Crippen LogP contribution in [0.1, 0.15) is 34.8 Å². The van der Waals surface area contributed by atoms with E-state index in [2.05, 4.69) is 15.2 Å². The van der Waals surface area contributed by atoms with E-state index >= 15 is 0 Å². The molecule has 128 valence electrons. The monoisotopic (exact) mass is 336 g/mol. The molecule has 0 N–H and O–H groups in total. The van der Waals surface area contributed by atoms with Crippen LogP contribution in [-0.4, -0.2) is 48.4 Å². The van der Waals surface area contributed by atoms with Crippen molar-refractivity contribution in [1.29, 1.82) is 0 Å². The number of aromatic nitrogens is 5. The van der Waals surface area contributed by atoms with Crippen molar-refractivity contribution in [3.05, 3.63) is 66.5 Å². The summed E-state index contributed by atoms with van der Waals surface area (Å²) in [5, 5.41) is 8.47. The Hall–Kier alpha value is -2.96. The van der Waals surface area contributed by atoms with Crippen LogP contribution in [0.4, 0.5) is 0 Å². The van der Waals surface area contributed by atoms with Gasteiger partial charge in [0.05, 0.1) is 12.6 Å². The number of benzene rings is 1. The van der Waals surface area contributed by atoms with Crippen molar-refractivity contribution in [2.75, 3.05) is 13.1 Å². The van der Waals surface area contributed by atoms with Gasteiger partial charge in [0, 0.05) is 31.0 Å². The fourth-order valence-corrected chi connectivity index (χ4v) is 3.38. The molecule has 1 atom stereocenters. The summed E-state index contributed by atoms with van der Waals surface area (Å²) in [7, 11) is 0. The maximum Gasteiger partial charge on any atom is 0.254 e. The van der Waals surface area contributed by atoms with Gasteiger partial charge in [-0.1, -0.05) is 18.2 Å². The molecular formula is C18H20N6O. The molecule has 0 saturated carbocycles. The van der Waals surface area contributed by atoms with Gasteiger partial charge in [-0.2, -0.15) is 10.2 Å². The van der Waals surface area contributed by atoms with Crippen molar-refractivity contribution in [1.82, 2.24) is 29.4 Å². The van der Waals surface area contributed by atoms with Gasteiger partial charge in [-0.25, -0.2) is 9.67 Å². The fourth-order valence-electron chi connectivity index (χ4n) is 3.38. The Bertz CT molecular complexity index is 827. The van der Waals surface area contributed by atoms with Gasteiger partial charge in [-0.15, -0.1) is 0 Å². The second kappa shape index (κ2) is 6.88. The van der Waals surface area contributed by atoms with Crippen molar-refractivity contribution < 1.29 is 4.79 Å². The third-order valence-electron chi connectivity index (χ3n) is 4.63. The molecule has 1 fully saturated rings. The molecule has 0 radical (unpaired) electrons. The molecule has 1 amide bonds. The molecule has 1 unspecified atom stereocenters. The van der Waals surface area contributed by atoms with E-state index < -0.39 is 0 Å². The maximum atomic E-state index is 13.1. The van der Waals surface area contributed by atoms with Crippen LogP contribution < -0.4 is 0 Å². The summed E-state index contributed by atoms with van der Waals surface area (Å²) in [5.41, 5.74) is 1.69. The highest BCUT2D eigenvalue weighted by molar-refractivity contribution is 5.95. The lowest BCUT2D eigenvalue weighted by Gasteiger charge is -2.33. The van der Waals surface area contributed by atoms with Crippen LogP contribution in [0.25, 0.3) is 0 Å². The molecule has 3 heterocycles. The third kappa shape index (κ3) is 3.31. The van der Waals surface area contributed by atoms with Gasteiger partial charge < -0.3 is 4.90 Å². The number of nitrogens with zero attached hydrogens (tertiary/aromatic N) is 6. The van der Waals surface area contributed by atoms with E-state index in [-0.39, 0.29) is 11.9 Å². The normalized spacial score (nSPS) is 17.6. The highest BCUT2D eigenvalue weighted by Crippen LogP contribution is 2.23. The standard InChI is InChI=1S/C18H20N6O/c25-18(22-9-3-6-16(12-22)24-10-4-8-20-24)17-7-2-1-5-15(17)11-23-14-19-13-21-23/h1-2,4-5,7-8,10,13-14,16H,3,6,9,11-12H2. The van der Waals surface area contributed by atoms with Gasteiger partial charge in [0.1, 0.15) is 12.7 Å². The average molecular weight is 336 g/mol. The summed E-state index contributed by atoms with van der Waals surface area (Å²) in [4.78, 5) is 19.0. The Morgan fingerprint density at radius 3 is 2.92 bits per heavy atom. The van der Waals surface area contributed by atoms with Crippen LogP contribution in [0.15, 0.2) is 55.4 Å². The highest BCUT2D eigenvalue weighted by Gasteiger charge is 2.26. The first-order chi connectivity index (χ1) is 12.3. The summed E-state index contributed by atoms with van der Waals surface area (Å²) < 4.78 is 3.69. The van der Waals surface area contributed by atoms with Crippen molar-refractivity contribution in [2.24, 2.45) is 0 Å². The molecule has 1 aliphatic heterocycles. The minimum absolute atomic E-state index is 0.0765. The quantitative estimate of drug-likeness (QED) is 0.731. The van der Waals surface area contributed by atoms with Crippen LogP contribution in [0.3, 0.4) is 0 Å². The third-order valence-corrected chi connectivity index (χ3v) is 4.63. The first kappa shape index (κ1) is 15.6. The zero-order chi connectivity index (χ0) is 17.1. The lowest BCUT2D eigenvalue weighted by molar-refractivity contribution is 0.0671. The number of piperidine rings is 1. The fraction of sp³-hybridized carbons (Fsp3) is 0.333. The molecular weight excluding hydrogens is 316 g/mol. The topological polar surface area (TPSA) is 68.8 Å². The van der Waals surface area contributed by atoms with Crippen molar-refractivity contribution in [3.8, 4) is 0 Å². The van der Waals surface area contributed by atoms with Gasteiger partial charge in [0.15, 0.2) is 0 Å². The highest BCUT2D eigenvalue weighted by atomic mass is 16.2. The van der Waals surface area contributed by atoms with Crippen LogP contribution in [-0.2, 0) is 6.54 Å². The summed E-state index contributed by atoms with van der Waals surface area (Å²) in [6.07, 6.45) is 8.96. The molecule has 25 heavy (non-hydrogen) atoms. The SMILES string of the molecule is O=C(c1ccccc1Cn1cncn1)N1CCCC(n2cccn2)C1. The van der Waals surface area contributed by atoms with Gasteiger partial charge in [-0.05, 0) is 30.5 Å². The lowest BCUT2D eigenvalue weighted by Crippen LogP contribution is -2.41. The smallest absolute Gasteiger partial charge is 0.254 e. The van der Waals surface area contributed by atoms with Crippen LogP contribution in [0, 0.1) is 0 Å². The van der Waals surface area contributed by atoms with Crippen LogP contribution in [0.2, 0.25) is 0 Å². The van der Waals surface area contributed by atoms with E-state index in [9.17, 15) is 4.79 Å². The van der Waals surface area contributed by atoms with E-state index in [4.69, 9.17) is 0 Å². The Morgan fingerprint density at radius 2 is 2.12 bits per heavy atom. The number of hydrogen-bond acceptors (Lipinski definition) is 4. The number of likely N-dealkylation sites (tertiary alicyclic amines) is 1. The first-order valence-electron chi connectivity index (χ1n) is 8.50. The van der Waals surface area contributed by atoms with E-state index in [1.165, 1.54) is 6.33 Å². The molecule has 3 aromatic rings. The predicted molar refractivity (Wildman–Crippen MR) is 92.0 cm³/mol. The van der Waals surface area contributed by atoms with E-state index in [1.807, 2.05) is 46.1 Å². The lowest BCUT2D eigenvalue weighted by atomic mass is 10.0. The van der Waals surface area contributed by atoms with E-state index in [1.54, 1.807) is 17.2 Å². The largest absolute Gasteiger partial charge is 0.336 e.